The Morgan fingerprint density at radius 1 is 1.20 bits per heavy atom. The molecule has 0 bridgehead atoms. The molecule has 0 radical (unpaired) electrons. The number of nitrogens with zero attached hydrogens (tertiary/aromatic N) is 3. The van der Waals surface area contributed by atoms with E-state index in [1.54, 1.807) is 35.2 Å². The molecule has 0 saturated carbocycles. The van der Waals surface area contributed by atoms with Crippen molar-refractivity contribution in [1.82, 2.24) is 14.7 Å². The molecule has 2 amide bonds. The van der Waals surface area contributed by atoms with E-state index in [2.05, 4.69) is 22.4 Å². The van der Waals surface area contributed by atoms with Crippen LogP contribution in [-0.2, 0) is 20.9 Å². The van der Waals surface area contributed by atoms with Gasteiger partial charge in [0.1, 0.15) is 0 Å². The molecule has 2 saturated heterocycles. The van der Waals surface area contributed by atoms with E-state index in [4.69, 9.17) is 9.90 Å². The number of carbonyl (C=O) groups excluding carboxylic acids is 2. The summed E-state index contributed by atoms with van der Waals surface area (Å²) in [6.07, 6.45) is -2.34. The number of hydrogen-bond acceptors (Lipinski definition) is 5. The van der Waals surface area contributed by atoms with Crippen molar-refractivity contribution in [3.05, 3.63) is 22.4 Å². The van der Waals surface area contributed by atoms with Gasteiger partial charge in [0.25, 0.3) is 0 Å². The van der Waals surface area contributed by atoms with Crippen LogP contribution < -0.4 is 0 Å². The second kappa shape index (κ2) is 9.78. The molecule has 3 heterocycles. The maximum absolute atomic E-state index is 12.8. The van der Waals surface area contributed by atoms with Gasteiger partial charge in [0.05, 0.1) is 12.0 Å². The van der Waals surface area contributed by atoms with Crippen LogP contribution in [0.15, 0.2) is 17.5 Å². The van der Waals surface area contributed by atoms with Gasteiger partial charge in [-0.05, 0) is 43.8 Å². The first-order valence-electron chi connectivity index (χ1n) is 9.49. The summed E-state index contributed by atoms with van der Waals surface area (Å²) in [5, 5.41) is 9.24. The first kappa shape index (κ1) is 24.1. The van der Waals surface area contributed by atoms with E-state index < -0.39 is 12.1 Å². The molecule has 1 aromatic heterocycles. The summed E-state index contributed by atoms with van der Waals surface area (Å²) >= 11 is 1.79. The minimum atomic E-state index is -5.08. The third-order valence-electron chi connectivity index (χ3n) is 5.44. The Morgan fingerprint density at radius 2 is 1.77 bits per heavy atom. The number of likely N-dealkylation sites (N-methyl/N-ethyl adjacent to an activating group) is 1. The van der Waals surface area contributed by atoms with Crippen molar-refractivity contribution in [2.45, 2.75) is 32.0 Å². The summed E-state index contributed by atoms with van der Waals surface area (Å²) < 4.78 is 31.7. The number of carboxylic acids is 1. The van der Waals surface area contributed by atoms with Crippen LogP contribution in [0.4, 0.5) is 13.2 Å². The van der Waals surface area contributed by atoms with Crippen molar-refractivity contribution >= 4 is 29.1 Å². The van der Waals surface area contributed by atoms with Crippen molar-refractivity contribution in [3.63, 3.8) is 0 Å². The Balaban J connectivity index is 0.000000396. The molecule has 2 aliphatic rings. The summed E-state index contributed by atoms with van der Waals surface area (Å²) in [7, 11) is 3.48. The number of hydrogen-bond donors (Lipinski definition) is 1. The lowest BCUT2D eigenvalue weighted by molar-refractivity contribution is -0.192. The fraction of sp³-hybridized carbons (Fsp3) is 0.632. The van der Waals surface area contributed by atoms with Crippen molar-refractivity contribution in [3.8, 4) is 0 Å². The molecule has 1 spiro atoms. The number of carboxylic acid groups (broad SMARTS) is 1. The minimum absolute atomic E-state index is 0.00512. The highest BCUT2D eigenvalue weighted by atomic mass is 32.1. The molecule has 0 atom stereocenters. The monoisotopic (exact) mass is 449 g/mol. The van der Waals surface area contributed by atoms with E-state index in [1.807, 2.05) is 0 Å². The zero-order chi connectivity index (χ0) is 22.5. The second-order valence-electron chi connectivity index (χ2n) is 7.70. The molecule has 0 unspecified atom stereocenters. The fourth-order valence-electron chi connectivity index (χ4n) is 3.57. The largest absolute Gasteiger partial charge is 0.490 e. The Hall–Kier alpha value is -2.14. The number of alkyl halides is 3. The topological polar surface area (TPSA) is 81.2 Å². The SMILES string of the molecule is CN(C)C(=O)CN1CCC2(CCN(Cc3cccs3)CC2)C1=O.O=C(O)C(F)(F)F. The normalized spacial score (nSPS) is 18.8. The minimum Gasteiger partial charge on any atom is -0.475 e. The molecule has 2 fully saturated rings. The highest BCUT2D eigenvalue weighted by molar-refractivity contribution is 7.09. The van der Waals surface area contributed by atoms with Crippen molar-refractivity contribution < 1.29 is 32.7 Å². The zero-order valence-electron chi connectivity index (χ0n) is 16.9. The van der Waals surface area contributed by atoms with Gasteiger partial charge < -0.3 is 14.9 Å². The number of likely N-dealkylation sites (tertiary alicyclic amines) is 2. The molecule has 7 nitrogen and oxygen atoms in total. The van der Waals surface area contributed by atoms with Crippen LogP contribution in [0, 0.1) is 5.41 Å². The van der Waals surface area contributed by atoms with Crippen LogP contribution in [0.5, 0.6) is 0 Å². The summed E-state index contributed by atoms with van der Waals surface area (Å²) in [5.41, 5.74) is -0.210. The van der Waals surface area contributed by atoms with Crippen LogP contribution in [0.25, 0.3) is 0 Å². The van der Waals surface area contributed by atoms with Crippen LogP contribution in [0.2, 0.25) is 0 Å². The number of rotatable bonds is 4. The average Bonchev–Trinajstić information content (AvgIpc) is 3.27. The predicted molar refractivity (Wildman–Crippen MR) is 105 cm³/mol. The second-order valence-corrected chi connectivity index (χ2v) is 8.74. The lowest BCUT2D eigenvalue weighted by Crippen LogP contribution is -2.46. The average molecular weight is 449 g/mol. The van der Waals surface area contributed by atoms with E-state index in [0.717, 1.165) is 45.4 Å². The smallest absolute Gasteiger partial charge is 0.475 e. The van der Waals surface area contributed by atoms with Gasteiger partial charge in [-0.1, -0.05) is 6.07 Å². The van der Waals surface area contributed by atoms with Gasteiger partial charge in [-0.15, -0.1) is 11.3 Å². The molecule has 0 aliphatic carbocycles. The molecule has 3 rings (SSSR count). The zero-order valence-corrected chi connectivity index (χ0v) is 17.8. The molecule has 2 aliphatic heterocycles. The fourth-order valence-corrected chi connectivity index (χ4v) is 4.32. The number of thiophene rings is 1. The van der Waals surface area contributed by atoms with Crippen LogP contribution in [0.3, 0.4) is 0 Å². The van der Waals surface area contributed by atoms with E-state index in [9.17, 15) is 22.8 Å². The number of aliphatic carboxylic acids is 1. The van der Waals surface area contributed by atoms with Crippen LogP contribution >= 0.6 is 11.3 Å². The number of piperidine rings is 1. The maximum Gasteiger partial charge on any atom is 0.490 e. The highest BCUT2D eigenvalue weighted by Gasteiger charge is 2.48. The Kier molecular flexibility index (Phi) is 7.87. The number of carbonyl (C=O) groups is 3. The van der Waals surface area contributed by atoms with Gasteiger partial charge >= 0.3 is 12.1 Å². The molecule has 0 aromatic carbocycles. The summed E-state index contributed by atoms with van der Waals surface area (Å²) in [4.78, 5) is 40.7. The quantitative estimate of drug-likeness (QED) is 0.763. The number of halogens is 3. The summed E-state index contributed by atoms with van der Waals surface area (Å²) in [6.45, 7) is 3.89. The lowest BCUT2D eigenvalue weighted by atomic mass is 9.77. The van der Waals surface area contributed by atoms with Gasteiger partial charge in [-0.2, -0.15) is 13.2 Å². The standard InChI is InChI=1S/C17H25N3O2S.C2HF3O2/c1-18(2)15(21)13-20-10-7-17(16(20)22)5-8-19(9-6-17)12-14-4-3-11-23-14;3-2(4,5)1(6)7/h3-4,11H,5-10,12-13H2,1-2H3;(H,6,7). The maximum atomic E-state index is 12.8. The van der Waals surface area contributed by atoms with E-state index >= 15 is 0 Å². The lowest BCUT2D eigenvalue weighted by Gasteiger charge is -2.37. The molecule has 11 heteroatoms. The molecule has 168 valence electrons. The first-order valence-corrected chi connectivity index (χ1v) is 10.4. The predicted octanol–water partition coefficient (Wildman–Crippen LogP) is 2.28. The molecular formula is C19H26F3N3O4S. The summed E-state index contributed by atoms with van der Waals surface area (Å²) in [5.74, 6) is -2.55. The van der Waals surface area contributed by atoms with Crippen LogP contribution in [0.1, 0.15) is 24.1 Å². The first-order chi connectivity index (χ1) is 13.9. The van der Waals surface area contributed by atoms with E-state index in [-0.39, 0.29) is 23.8 Å². The summed E-state index contributed by atoms with van der Waals surface area (Å²) in [6, 6.07) is 4.26. The highest BCUT2D eigenvalue weighted by Crippen LogP contribution is 2.41. The van der Waals surface area contributed by atoms with Crippen molar-refractivity contribution in [2.24, 2.45) is 5.41 Å². The third kappa shape index (κ3) is 6.18. The molecular weight excluding hydrogens is 423 g/mol. The molecule has 1 N–H and O–H groups in total. The van der Waals surface area contributed by atoms with Gasteiger partial charge in [0.2, 0.25) is 11.8 Å². The van der Waals surface area contributed by atoms with Gasteiger partial charge in [0, 0.05) is 32.1 Å². The van der Waals surface area contributed by atoms with Gasteiger partial charge in [-0.3, -0.25) is 14.5 Å². The molecule has 1 aromatic rings. The Morgan fingerprint density at radius 3 is 2.23 bits per heavy atom. The number of amides is 2. The molecule has 30 heavy (non-hydrogen) atoms. The van der Waals surface area contributed by atoms with Gasteiger partial charge in [-0.25, -0.2) is 4.79 Å². The van der Waals surface area contributed by atoms with Crippen molar-refractivity contribution in [2.75, 3.05) is 40.3 Å². The van der Waals surface area contributed by atoms with Crippen molar-refractivity contribution in [1.29, 1.82) is 0 Å². The van der Waals surface area contributed by atoms with Gasteiger partial charge in [0.15, 0.2) is 0 Å². The van der Waals surface area contributed by atoms with Crippen LogP contribution in [-0.4, -0.2) is 84.0 Å². The van der Waals surface area contributed by atoms with E-state index in [1.165, 1.54) is 4.88 Å². The van der Waals surface area contributed by atoms with E-state index in [0.29, 0.717) is 0 Å². The third-order valence-corrected chi connectivity index (χ3v) is 6.30. The Bertz CT molecular complexity index is 745. The Labute approximate surface area is 177 Å².